The first-order valence-electron chi connectivity index (χ1n) is 2.27. The summed E-state index contributed by atoms with van der Waals surface area (Å²) in [6.45, 7) is 3.81. The van der Waals surface area contributed by atoms with Crippen molar-refractivity contribution in [2.24, 2.45) is 0 Å². The molecule has 8 heavy (non-hydrogen) atoms. The number of hydrogen-bond donors (Lipinski definition) is 1. The van der Waals surface area contributed by atoms with Gasteiger partial charge in [-0.25, -0.2) is 0 Å². The molecule has 1 radical (unpaired) electrons. The Bertz CT molecular complexity index is 48.9. The van der Waals surface area contributed by atoms with Crippen molar-refractivity contribution in [1.82, 2.24) is 0 Å². The molecule has 0 aliphatic carbocycles. The average Bonchev–Trinajstić information content (AvgIpc) is 1.30. The van der Waals surface area contributed by atoms with Crippen LogP contribution in [0, 0.1) is 41.3 Å². The third kappa shape index (κ3) is 10.3. The van der Waals surface area contributed by atoms with Crippen LogP contribution in [0.3, 0.4) is 0 Å². The third-order valence-corrected chi connectivity index (χ3v) is 0.498. The number of methoxy groups -OCH3 is 1. The van der Waals surface area contributed by atoms with Crippen molar-refractivity contribution in [2.75, 3.05) is 13.7 Å². The molecular formula is C5H12O2Pr. The van der Waals surface area contributed by atoms with Crippen LogP contribution in [0.15, 0.2) is 0 Å². The van der Waals surface area contributed by atoms with Gasteiger partial charge in [0.25, 0.3) is 0 Å². The molecule has 47 valence electrons. The molecule has 1 N–H and O–H groups in total. The maximum absolute atomic E-state index is 8.89. The predicted octanol–water partition coefficient (Wildman–Crippen LogP) is 0.404. The van der Waals surface area contributed by atoms with E-state index < -0.39 is 5.60 Å². The maximum Gasteiger partial charge on any atom is 0.0824 e. The Morgan fingerprint density at radius 2 is 1.88 bits per heavy atom. The minimum atomic E-state index is -0.672. The summed E-state index contributed by atoms with van der Waals surface area (Å²) in [5, 5.41) is 8.89. The fourth-order valence-corrected chi connectivity index (χ4v) is 0.353. The average molecular weight is 245 g/mol. The van der Waals surface area contributed by atoms with Crippen LogP contribution in [-0.2, 0) is 4.74 Å². The van der Waals surface area contributed by atoms with Crippen molar-refractivity contribution >= 4 is 0 Å². The van der Waals surface area contributed by atoms with Crippen LogP contribution in [0.5, 0.6) is 0 Å². The summed E-state index contributed by atoms with van der Waals surface area (Å²) in [6, 6.07) is 0. The van der Waals surface area contributed by atoms with Crippen molar-refractivity contribution < 1.29 is 51.1 Å². The Hall–Kier alpha value is 1.28. The van der Waals surface area contributed by atoms with E-state index in [-0.39, 0.29) is 41.3 Å². The molecule has 2 nitrogen and oxygen atoms in total. The molecule has 0 saturated carbocycles. The molecule has 0 fully saturated rings. The van der Waals surface area contributed by atoms with Gasteiger partial charge in [0.1, 0.15) is 0 Å². The van der Waals surface area contributed by atoms with Gasteiger partial charge in [0.05, 0.1) is 12.2 Å². The Kier molecular flexibility index (Phi) is 7.65. The zero-order chi connectivity index (χ0) is 5.91. The summed E-state index contributed by atoms with van der Waals surface area (Å²) in [5.41, 5.74) is -0.672. The van der Waals surface area contributed by atoms with Crippen LogP contribution in [0.2, 0.25) is 0 Å². The standard InChI is InChI=1S/C5H12O2.Pr/c1-5(2,6)4-7-3;/h6H,4H2,1-3H3;. The van der Waals surface area contributed by atoms with E-state index >= 15 is 0 Å². The number of aliphatic hydroxyl groups is 1. The van der Waals surface area contributed by atoms with Gasteiger partial charge in [-0.2, -0.15) is 0 Å². The van der Waals surface area contributed by atoms with E-state index in [0.29, 0.717) is 6.61 Å². The van der Waals surface area contributed by atoms with Gasteiger partial charge in [0.2, 0.25) is 0 Å². The van der Waals surface area contributed by atoms with Gasteiger partial charge in [-0.15, -0.1) is 0 Å². The van der Waals surface area contributed by atoms with E-state index in [4.69, 9.17) is 5.11 Å². The van der Waals surface area contributed by atoms with Crippen molar-refractivity contribution in [3.8, 4) is 0 Å². The molecule has 0 aliphatic rings. The second-order valence-corrected chi connectivity index (χ2v) is 2.25. The largest absolute Gasteiger partial charge is 0.388 e. The fourth-order valence-electron chi connectivity index (χ4n) is 0.353. The SMILES string of the molecule is COCC(C)(C)O.[Pr]. The van der Waals surface area contributed by atoms with Crippen LogP contribution < -0.4 is 0 Å². The molecule has 0 heterocycles. The minimum Gasteiger partial charge on any atom is -0.388 e. The second-order valence-electron chi connectivity index (χ2n) is 2.25. The summed E-state index contributed by atoms with van der Waals surface area (Å²) >= 11 is 0. The van der Waals surface area contributed by atoms with Crippen LogP contribution in [0.4, 0.5) is 0 Å². The van der Waals surface area contributed by atoms with Gasteiger partial charge in [0.15, 0.2) is 0 Å². The van der Waals surface area contributed by atoms with E-state index in [9.17, 15) is 0 Å². The zero-order valence-electron chi connectivity index (χ0n) is 5.64. The Balaban J connectivity index is 0. The summed E-state index contributed by atoms with van der Waals surface area (Å²) in [5.74, 6) is 0. The van der Waals surface area contributed by atoms with E-state index in [0.717, 1.165) is 0 Å². The molecule has 3 heteroatoms. The van der Waals surface area contributed by atoms with E-state index in [1.807, 2.05) is 0 Å². The minimum absolute atomic E-state index is 0. The van der Waals surface area contributed by atoms with Crippen molar-refractivity contribution in [2.45, 2.75) is 19.4 Å². The maximum atomic E-state index is 8.89. The Morgan fingerprint density at radius 3 is 1.88 bits per heavy atom. The van der Waals surface area contributed by atoms with Crippen LogP contribution in [0.1, 0.15) is 13.8 Å². The predicted molar refractivity (Wildman–Crippen MR) is 28.2 cm³/mol. The van der Waals surface area contributed by atoms with Crippen molar-refractivity contribution in [3.05, 3.63) is 0 Å². The van der Waals surface area contributed by atoms with Crippen molar-refractivity contribution in [3.63, 3.8) is 0 Å². The molecular weight excluding hydrogens is 233 g/mol. The van der Waals surface area contributed by atoms with Crippen LogP contribution >= 0.6 is 0 Å². The monoisotopic (exact) mass is 245 g/mol. The first kappa shape index (κ1) is 12.0. The molecule has 0 amide bonds. The summed E-state index contributed by atoms with van der Waals surface area (Å²) in [4.78, 5) is 0. The van der Waals surface area contributed by atoms with Crippen LogP contribution in [-0.4, -0.2) is 24.4 Å². The van der Waals surface area contributed by atoms with Gasteiger partial charge in [-0.3, -0.25) is 0 Å². The van der Waals surface area contributed by atoms with E-state index in [2.05, 4.69) is 4.74 Å². The Labute approximate surface area is 83.6 Å². The van der Waals surface area contributed by atoms with E-state index in [1.165, 1.54) is 0 Å². The molecule has 0 aromatic rings. The molecule has 0 rings (SSSR count). The second kappa shape index (κ2) is 5.10. The van der Waals surface area contributed by atoms with Gasteiger partial charge in [-0.05, 0) is 13.8 Å². The first-order valence-corrected chi connectivity index (χ1v) is 2.27. The summed E-state index contributed by atoms with van der Waals surface area (Å²) < 4.78 is 4.66. The molecule has 0 aliphatic heterocycles. The van der Waals surface area contributed by atoms with Gasteiger partial charge < -0.3 is 9.84 Å². The number of rotatable bonds is 2. The molecule has 0 aromatic carbocycles. The first-order chi connectivity index (χ1) is 3.06. The smallest absolute Gasteiger partial charge is 0.0824 e. The number of hydrogen-bond acceptors (Lipinski definition) is 2. The molecule has 0 aromatic heterocycles. The number of ether oxygens (including phenoxy) is 1. The summed E-state index contributed by atoms with van der Waals surface area (Å²) in [7, 11) is 1.57. The van der Waals surface area contributed by atoms with E-state index in [1.54, 1.807) is 21.0 Å². The van der Waals surface area contributed by atoms with Gasteiger partial charge >= 0.3 is 0 Å². The topological polar surface area (TPSA) is 29.5 Å². The van der Waals surface area contributed by atoms with Crippen molar-refractivity contribution in [1.29, 1.82) is 0 Å². The quantitative estimate of drug-likeness (QED) is 0.763. The Morgan fingerprint density at radius 1 is 1.50 bits per heavy atom. The molecule has 0 bridgehead atoms. The summed E-state index contributed by atoms with van der Waals surface area (Å²) in [6.07, 6.45) is 0. The fraction of sp³-hybridized carbons (Fsp3) is 1.00. The normalized spacial score (nSPS) is 10.5. The van der Waals surface area contributed by atoms with Crippen LogP contribution in [0.25, 0.3) is 0 Å². The van der Waals surface area contributed by atoms with Gasteiger partial charge in [0, 0.05) is 48.4 Å². The van der Waals surface area contributed by atoms with Gasteiger partial charge in [-0.1, -0.05) is 0 Å². The molecule has 0 atom stereocenters. The molecule has 0 unspecified atom stereocenters. The molecule has 0 spiro atoms. The zero-order valence-corrected chi connectivity index (χ0v) is 9.34. The molecule has 0 saturated heterocycles. The third-order valence-electron chi connectivity index (χ3n) is 0.498.